The van der Waals surface area contributed by atoms with Crippen molar-refractivity contribution in [2.75, 3.05) is 48.8 Å². The van der Waals surface area contributed by atoms with Gasteiger partial charge in [0, 0.05) is 49.1 Å². The average molecular weight is 455 g/mol. The Morgan fingerprint density at radius 1 is 0.970 bits per heavy atom. The van der Waals surface area contributed by atoms with Crippen molar-refractivity contribution in [2.45, 2.75) is 26.4 Å². The van der Waals surface area contributed by atoms with E-state index in [-0.39, 0.29) is 24.3 Å². The van der Waals surface area contributed by atoms with Gasteiger partial charge in [-0.2, -0.15) is 0 Å². The Kier molecular flexibility index (Phi) is 8.94. The number of hydrogen-bond acceptors (Lipinski definition) is 6. The molecule has 3 rings (SSSR count). The topological polar surface area (TPSA) is 120 Å². The molecule has 0 saturated carbocycles. The van der Waals surface area contributed by atoms with Gasteiger partial charge in [0.1, 0.15) is 0 Å². The molecule has 9 nitrogen and oxygen atoms in total. The fourth-order valence-corrected chi connectivity index (χ4v) is 3.58. The number of carbonyl (C=O) groups is 3. The molecule has 2 aromatic rings. The second-order valence-corrected chi connectivity index (χ2v) is 7.90. The highest BCUT2D eigenvalue weighted by molar-refractivity contribution is 6.05. The number of morpholine rings is 1. The lowest BCUT2D eigenvalue weighted by molar-refractivity contribution is -0.116. The summed E-state index contributed by atoms with van der Waals surface area (Å²) in [4.78, 5) is 38.7. The molecule has 2 aromatic carbocycles. The highest BCUT2D eigenvalue weighted by atomic mass is 16.5. The number of carbonyl (C=O) groups excluding carboxylic acids is 3. The number of rotatable bonds is 9. The lowest BCUT2D eigenvalue weighted by Crippen LogP contribution is -2.37. The van der Waals surface area contributed by atoms with Crippen molar-refractivity contribution in [3.8, 4) is 0 Å². The van der Waals surface area contributed by atoms with E-state index in [1.54, 1.807) is 42.5 Å². The Morgan fingerprint density at radius 2 is 1.70 bits per heavy atom. The highest BCUT2D eigenvalue weighted by Gasteiger charge is 2.12. The van der Waals surface area contributed by atoms with E-state index in [1.165, 1.54) is 6.92 Å². The summed E-state index contributed by atoms with van der Waals surface area (Å²) in [5.74, 6) is -0.727. The Morgan fingerprint density at radius 3 is 2.39 bits per heavy atom. The first kappa shape index (κ1) is 24.4. The number of nitrogens with zero attached hydrogens (tertiary/aromatic N) is 1. The molecule has 1 heterocycles. The van der Waals surface area contributed by atoms with Crippen LogP contribution in [0.25, 0.3) is 0 Å². The van der Waals surface area contributed by atoms with Gasteiger partial charge in [0.25, 0.3) is 5.91 Å². The van der Waals surface area contributed by atoms with E-state index in [0.717, 1.165) is 39.3 Å². The molecule has 0 unspecified atom stereocenters. The molecule has 0 radical (unpaired) electrons. The molecule has 1 aliphatic heterocycles. The zero-order chi connectivity index (χ0) is 23.6. The number of hydrogen-bond donors (Lipinski definition) is 4. The zero-order valence-electron chi connectivity index (χ0n) is 18.7. The summed E-state index contributed by atoms with van der Waals surface area (Å²) in [7, 11) is 0. The number of aliphatic hydroxyl groups is 1. The van der Waals surface area contributed by atoms with Crippen molar-refractivity contribution in [3.05, 3.63) is 53.6 Å². The van der Waals surface area contributed by atoms with Crippen LogP contribution in [-0.2, 0) is 20.9 Å². The molecule has 0 spiro atoms. The van der Waals surface area contributed by atoms with Crippen LogP contribution in [0.3, 0.4) is 0 Å². The fourth-order valence-electron chi connectivity index (χ4n) is 3.58. The van der Waals surface area contributed by atoms with Crippen LogP contribution < -0.4 is 16.0 Å². The monoisotopic (exact) mass is 454 g/mol. The maximum Gasteiger partial charge on any atom is 0.255 e. The number of amides is 3. The van der Waals surface area contributed by atoms with Gasteiger partial charge in [-0.15, -0.1) is 0 Å². The molecular weight excluding hydrogens is 424 g/mol. The molecule has 0 aromatic heterocycles. The van der Waals surface area contributed by atoms with Crippen molar-refractivity contribution >= 4 is 34.8 Å². The Balaban J connectivity index is 1.56. The van der Waals surface area contributed by atoms with Crippen molar-refractivity contribution in [1.82, 2.24) is 4.90 Å². The van der Waals surface area contributed by atoms with Crippen LogP contribution in [0.4, 0.5) is 17.1 Å². The second kappa shape index (κ2) is 12.1. The van der Waals surface area contributed by atoms with Crippen molar-refractivity contribution in [2.24, 2.45) is 0 Å². The number of anilines is 3. The fraction of sp³-hybridized carbons (Fsp3) is 0.375. The molecule has 4 N–H and O–H groups in total. The first-order chi connectivity index (χ1) is 15.9. The number of nitrogens with one attached hydrogen (secondary N) is 3. The van der Waals surface area contributed by atoms with E-state index >= 15 is 0 Å². The van der Waals surface area contributed by atoms with Crippen LogP contribution in [0.2, 0.25) is 0 Å². The van der Waals surface area contributed by atoms with Crippen LogP contribution in [0, 0.1) is 0 Å². The molecule has 1 fully saturated rings. The second-order valence-electron chi connectivity index (χ2n) is 7.90. The van der Waals surface area contributed by atoms with E-state index < -0.39 is 0 Å². The Bertz CT molecular complexity index is 989. The van der Waals surface area contributed by atoms with E-state index in [9.17, 15) is 19.5 Å². The molecule has 0 atom stereocenters. The van der Waals surface area contributed by atoms with E-state index in [0.29, 0.717) is 34.6 Å². The van der Waals surface area contributed by atoms with Crippen molar-refractivity contribution in [3.63, 3.8) is 0 Å². The maximum absolute atomic E-state index is 12.7. The third-order valence-electron chi connectivity index (χ3n) is 5.14. The maximum atomic E-state index is 12.7. The summed E-state index contributed by atoms with van der Waals surface area (Å²) >= 11 is 0. The first-order valence-electron chi connectivity index (χ1n) is 11.0. The highest BCUT2D eigenvalue weighted by Crippen LogP contribution is 2.21. The van der Waals surface area contributed by atoms with E-state index in [2.05, 4.69) is 20.9 Å². The predicted octanol–water partition coefficient (Wildman–Crippen LogP) is 2.44. The van der Waals surface area contributed by atoms with Crippen molar-refractivity contribution in [1.29, 1.82) is 0 Å². The van der Waals surface area contributed by atoms with Crippen LogP contribution >= 0.6 is 0 Å². The average Bonchev–Trinajstić information content (AvgIpc) is 2.79. The SMILES string of the molecule is CC(=O)Nc1cc(CO)cc(NC(=O)c2cccc(NC(=O)CCCN3CCOCC3)c2)c1. The summed E-state index contributed by atoms with van der Waals surface area (Å²) in [6.07, 6.45) is 1.15. The minimum Gasteiger partial charge on any atom is -0.392 e. The summed E-state index contributed by atoms with van der Waals surface area (Å²) in [5, 5.41) is 17.7. The molecule has 0 aliphatic carbocycles. The van der Waals surface area contributed by atoms with Gasteiger partial charge in [-0.1, -0.05) is 6.07 Å². The summed E-state index contributed by atoms with van der Waals surface area (Å²) < 4.78 is 5.33. The standard InChI is InChI=1S/C24H30N4O5/c1-17(30)25-21-12-18(16-29)13-22(15-21)27-24(32)19-4-2-5-20(14-19)26-23(31)6-3-7-28-8-10-33-11-9-28/h2,4-5,12-15,29H,3,6-11,16H2,1H3,(H,25,30)(H,26,31)(H,27,32). The first-order valence-corrected chi connectivity index (χ1v) is 11.0. The van der Waals surface area contributed by atoms with Gasteiger partial charge in [-0.25, -0.2) is 0 Å². The van der Waals surface area contributed by atoms with Crippen LogP contribution in [-0.4, -0.2) is 60.6 Å². The summed E-state index contributed by atoms with van der Waals surface area (Å²) in [5.41, 5.74) is 2.38. The smallest absolute Gasteiger partial charge is 0.255 e. The van der Waals surface area contributed by atoms with Crippen LogP contribution in [0.5, 0.6) is 0 Å². The molecule has 0 bridgehead atoms. The van der Waals surface area contributed by atoms with Gasteiger partial charge in [0.2, 0.25) is 11.8 Å². The van der Waals surface area contributed by atoms with Gasteiger partial charge >= 0.3 is 0 Å². The van der Waals surface area contributed by atoms with Gasteiger partial charge in [-0.3, -0.25) is 19.3 Å². The summed E-state index contributed by atoms with van der Waals surface area (Å²) in [6.45, 7) is 5.26. The number of benzene rings is 2. The lowest BCUT2D eigenvalue weighted by Gasteiger charge is -2.26. The molecular formula is C24H30N4O5. The van der Waals surface area contributed by atoms with Gasteiger partial charge in [0.05, 0.1) is 19.8 Å². The van der Waals surface area contributed by atoms with Gasteiger partial charge in [-0.05, 0) is 54.9 Å². The third kappa shape index (κ3) is 7.98. The van der Waals surface area contributed by atoms with E-state index in [4.69, 9.17) is 4.74 Å². The molecule has 176 valence electrons. The minimum absolute atomic E-state index is 0.101. The van der Waals surface area contributed by atoms with Gasteiger partial charge in [0.15, 0.2) is 0 Å². The zero-order valence-corrected chi connectivity index (χ0v) is 18.7. The number of ether oxygens (including phenoxy) is 1. The number of aliphatic hydroxyl groups excluding tert-OH is 1. The quantitative estimate of drug-likeness (QED) is 0.462. The lowest BCUT2D eigenvalue weighted by atomic mass is 10.1. The Labute approximate surface area is 193 Å². The normalized spacial score (nSPS) is 13.9. The Hall–Kier alpha value is -3.27. The van der Waals surface area contributed by atoms with Crippen molar-refractivity contribution < 1.29 is 24.2 Å². The van der Waals surface area contributed by atoms with E-state index in [1.807, 2.05) is 0 Å². The molecule has 1 aliphatic rings. The molecule has 9 heteroatoms. The molecule has 1 saturated heterocycles. The van der Waals surface area contributed by atoms with Crippen LogP contribution in [0.15, 0.2) is 42.5 Å². The largest absolute Gasteiger partial charge is 0.392 e. The van der Waals surface area contributed by atoms with Crippen LogP contribution in [0.1, 0.15) is 35.7 Å². The summed E-state index contributed by atoms with van der Waals surface area (Å²) in [6, 6.07) is 11.6. The van der Waals surface area contributed by atoms with Gasteiger partial charge < -0.3 is 25.8 Å². The minimum atomic E-state index is -0.373. The molecule has 33 heavy (non-hydrogen) atoms. The predicted molar refractivity (Wildman–Crippen MR) is 126 cm³/mol. The molecule has 3 amide bonds. The third-order valence-corrected chi connectivity index (χ3v) is 5.14.